The Bertz CT molecular complexity index is 251. The van der Waals surface area contributed by atoms with Gasteiger partial charge in [0.2, 0.25) is 0 Å². The standard InChI is InChI=1S/C13H21NO2/c1-3-15-11(2)16-13(10-14)9-8-12-6-4-5-7-12/h8-9,11-13H,3-7H2,1-2H3/b9-8+. The molecule has 90 valence electrons. The molecule has 1 aliphatic carbocycles. The van der Waals surface area contributed by atoms with Crippen molar-refractivity contribution in [2.45, 2.75) is 51.9 Å². The van der Waals surface area contributed by atoms with Gasteiger partial charge in [-0.3, -0.25) is 0 Å². The molecule has 0 aliphatic heterocycles. The predicted molar refractivity (Wildman–Crippen MR) is 62.7 cm³/mol. The smallest absolute Gasteiger partial charge is 0.165 e. The minimum Gasteiger partial charge on any atom is -0.353 e. The van der Waals surface area contributed by atoms with Gasteiger partial charge in [-0.05, 0) is 38.7 Å². The van der Waals surface area contributed by atoms with E-state index >= 15 is 0 Å². The van der Waals surface area contributed by atoms with Gasteiger partial charge in [0.1, 0.15) is 0 Å². The summed E-state index contributed by atoms with van der Waals surface area (Å²) in [7, 11) is 0. The number of hydrogen-bond donors (Lipinski definition) is 0. The molecule has 0 bridgehead atoms. The first kappa shape index (κ1) is 13.2. The molecule has 1 fully saturated rings. The highest BCUT2D eigenvalue weighted by molar-refractivity contribution is 5.04. The summed E-state index contributed by atoms with van der Waals surface area (Å²) >= 11 is 0. The van der Waals surface area contributed by atoms with Gasteiger partial charge in [-0.25, -0.2) is 0 Å². The lowest BCUT2D eigenvalue weighted by molar-refractivity contribution is -0.134. The fraction of sp³-hybridized carbons (Fsp3) is 0.769. The zero-order valence-electron chi connectivity index (χ0n) is 10.2. The van der Waals surface area contributed by atoms with Crippen LogP contribution in [0.25, 0.3) is 0 Å². The summed E-state index contributed by atoms with van der Waals surface area (Å²) in [5.41, 5.74) is 0. The first-order valence-corrected chi connectivity index (χ1v) is 6.11. The van der Waals surface area contributed by atoms with E-state index in [-0.39, 0.29) is 6.29 Å². The van der Waals surface area contributed by atoms with Crippen molar-refractivity contribution < 1.29 is 9.47 Å². The molecule has 0 aromatic carbocycles. The van der Waals surface area contributed by atoms with E-state index in [0.29, 0.717) is 12.5 Å². The highest BCUT2D eigenvalue weighted by Gasteiger charge is 2.13. The summed E-state index contributed by atoms with van der Waals surface area (Å²) in [5.74, 6) is 0.641. The molecule has 16 heavy (non-hydrogen) atoms. The summed E-state index contributed by atoms with van der Waals surface area (Å²) in [6.45, 7) is 4.33. The summed E-state index contributed by atoms with van der Waals surface area (Å²) in [6.07, 6.45) is 8.30. The van der Waals surface area contributed by atoms with Crippen LogP contribution in [-0.4, -0.2) is 19.0 Å². The molecule has 2 unspecified atom stereocenters. The molecule has 0 amide bonds. The zero-order valence-corrected chi connectivity index (χ0v) is 10.2. The average molecular weight is 223 g/mol. The second kappa shape index (κ2) is 7.43. The Kier molecular flexibility index (Phi) is 6.14. The average Bonchev–Trinajstić information content (AvgIpc) is 2.77. The van der Waals surface area contributed by atoms with Crippen molar-refractivity contribution in [1.82, 2.24) is 0 Å². The maximum Gasteiger partial charge on any atom is 0.165 e. The van der Waals surface area contributed by atoms with Crippen LogP contribution >= 0.6 is 0 Å². The van der Waals surface area contributed by atoms with E-state index in [1.807, 2.05) is 19.9 Å². The number of nitriles is 1. The molecule has 1 aliphatic rings. The Morgan fingerprint density at radius 3 is 2.69 bits per heavy atom. The topological polar surface area (TPSA) is 42.2 Å². The molecular formula is C13H21NO2. The van der Waals surface area contributed by atoms with E-state index in [0.717, 1.165) is 0 Å². The van der Waals surface area contributed by atoms with E-state index in [1.54, 1.807) is 0 Å². The van der Waals surface area contributed by atoms with Crippen LogP contribution < -0.4 is 0 Å². The Hall–Kier alpha value is -0.850. The fourth-order valence-corrected chi connectivity index (χ4v) is 2.01. The van der Waals surface area contributed by atoms with Crippen molar-refractivity contribution in [3.63, 3.8) is 0 Å². The minimum absolute atomic E-state index is 0.317. The van der Waals surface area contributed by atoms with Crippen molar-refractivity contribution in [2.75, 3.05) is 6.61 Å². The van der Waals surface area contributed by atoms with Crippen molar-refractivity contribution in [3.05, 3.63) is 12.2 Å². The van der Waals surface area contributed by atoms with Gasteiger partial charge in [-0.1, -0.05) is 18.9 Å². The van der Waals surface area contributed by atoms with Crippen LogP contribution in [0.3, 0.4) is 0 Å². The van der Waals surface area contributed by atoms with Crippen LogP contribution in [0.5, 0.6) is 0 Å². The second-order valence-corrected chi connectivity index (χ2v) is 4.14. The van der Waals surface area contributed by atoms with Crippen LogP contribution in [-0.2, 0) is 9.47 Å². The third kappa shape index (κ3) is 4.78. The highest BCUT2D eigenvalue weighted by atomic mass is 16.7. The number of hydrogen-bond acceptors (Lipinski definition) is 3. The first-order valence-electron chi connectivity index (χ1n) is 6.11. The maximum absolute atomic E-state index is 8.94. The van der Waals surface area contributed by atoms with Crippen molar-refractivity contribution in [2.24, 2.45) is 5.92 Å². The van der Waals surface area contributed by atoms with Gasteiger partial charge < -0.3 is 9.47 Å². The number of ether oxygens (including phenoxy) is 2. The van der Waals surface area contributed by atoms with Crippen LogP contribution in [0.4, 0.5) is 0 Å². The molecule has 0 aromatic heterocycles. The zero-order chi connectivity index (χ0) is 11.8. The van der Waals surface area contributed by atoms with Crippen LogP contribution in [0.15, 0.2) is 12.2 Å². The second-order valence-electron chi connectivity index (χ2n) is 4.14. The molecule has 0 spiro atoms. The molecule has 0 heterocycles. The molecule has 3 heteroatoms. The largest absolute Gasteiger partial charge is 0.353 e. The SMILES string of the molecule is CCOC(C)OC(C#N)/C=C/C1CCCC1. The molecule has 0 N–H and O–H groups in total. The fourth-order valence-electron chi connectivity index (χ4n) is 2.01. The Labute approximate surface area is 98.0 Å². The third-order valence-electron chi connectivity index (χ3n) is 2.82. The lowest BCUT2D eigenvalue weighted by Crippen LogP contribution is -2.19. The van der Waals surface area contributed by atoms with Crippen LogP contribution in [0.1, 0.15) is 39.5 Å². The van der Waals surface area contributed by atoms with Gasteiger partial charge in [-0.15, -0.1) is 0 Å². The van der Waals surface area contributed by atoms with Crippen molar-refractivity contribution in [1.29, 1.82) is 5.26 Å². The van der Waals surface area contributed by atoms with E-state index in [2.05, 4.69) is 12.1 Å². The molecular weight excluding hydrogens is 202 g/mol. The molecule has 1 saturated carbocycles. The summed E-state index contributed by atoms with van der Waals surface area (Å²) in [4.78, 5) is 0. The van der Waals surface area contributed by atoms with Gasteiger partial charge >= 0.3 is 0 Å². The van der Waals surface area contributed by atoms with Crippen LogP contribution in [0.2, 0.25) is 0 Å². The van der Waals surface area contributed by atoms with E-state index < -0.39 is 6.10 Å². The van der Waals surface area contributed by atoms with Crippen LogP contribution in [0, 0.1) is 17.2 Å². The molecule has 1 rings (SSSR count). The maximum atomic E-state index is 8.94. The van der Waals surface area contributed by atoms with Gasteiger partial charge in [0.15, 0.2) is 12.4 Å². The third-order valence-corrected chi connectivity index (χ3v) is 2.82. The van der Waals surface area contributed by atoms with E-state index in [4.69, 9.17) is 14.7 Å². The Morgan fingerprint density at radius 2 is 2.12 bits per heavy atom. The Balaban J connectivity index is 2.33. The highest BCUT2D eigenvalue weighted by Crippen LogP contribution is 2.25. The van der Waals surface area contributed by atoms with Gasteiger partial charge in [-0.2, -0.15) is 5.26 Å². The number of allylic oxidation sites excluding steroid dienone is 1. The molecule has 0 saturated heterocycles. The molecule has 0 radical (unpaired) electrons. The quantitative estimate of drug-likeness (QED) is 0.513. The monoisotopic (exact) mass is 223 g/mol. The summed E-state index contributed by atoms with van der Waals surface area (Å²) in [5, 5.41) is 8.94. The van der Waals surface area contributed by atoms with Gasteiger partial charge in [0.25, 0.3) is 0 Å². The van der Waals surface area contributed by atoms with Crippen molar-refractivity contribution >= 4 is 0 Å². The van der Waals surface area contributed by atoms with E-state index in [1.165, 1.54) is 25.7 Å². The van der Waals surface area contributed by atoms with Crippen molar-refractivity contribution in [3.8, 4) is 6.07 Å². The van der Waals surface area contributed by atoms with Gasteiger partial charge in [0.05, 0.1) is 6.07 Å². The molecule has 2 atom stereocenters. The molecule has 3 nitrogen and oxygen atoms in total. The first-order chi connectivity index (χ1) is 7.76. The normalized spacial score (nSPS) is 21.1. The summed E-state index contributed by atoms with van der Waals surface area (Å²) in [6, 6.07) is 2.13. The lowest BCUT2D eigenvalue weighted by atomic mass is 10.1. The number of nitrogens with zero attached hydrogens (tertiary/aromatic N) is 1. The Morgan fingerprint density at radius 1 is 1.44 bits per heavy atom. The minimum atomic E-state index is -0.484. The number of rotatable bonds is 6. The lowest BCUT2D eigenvalue weighted by Gasteiger charge is -2.14. The predicted octanol–water partition coefficient (Wildman–Crippen LogP) is 3.02. The molecule has 0 aromatic rings. The summed E-state index contributed by atoms with van der Waals surface area (Å²) < 4.78 is 10.7. The van der Waals surface area contributed by atoms with Gasteiger partial charge in [0, 0.05) is 6.61 Å². The van der Waals surface area contributed by atoms with E-state index in [9.17, 15) is 0 Å².